The summed E-state index contributed by atoms with van der Waals surface area (Å²) in [4.78, 5) is 7.27. The van der Waals surface area contributed by atoms with Crippen molar-refractivity contribution < 1.29 is 13.4 Å². The minimum Gasteiger partial charge on any atom is -0.458 e. The predicted octanol–water partition coefficient (Wildman–Crippen LogP) is 11.2. The highest BCUT2D eigenvalue weighted by molar-refractivity contribution is 7.02. The van der Waals surface area contributed by atoms with Crippen LogP contribution in [0.4, 0.5) is 51.2 Å². The molecule has 0 bridgehead atoms. The van der Waals surface area contributed by atoms with Crippen LogP contribution in [-0.2, 0) is 12.4 Å². The minimum atomic E-state index is -2.40. The summed E-state index contributed by atoms with van der Waals surface area (Å²) in [5.41, 5.74) is 16.8. The smallest absolute Gasteiger partial charge is 0.257 e. The van der Waals surface area contributed by atoms with Gasteiger partial charge in [-0.3, -0.25) is 0 Å². The van der Waals surface area contributed by atoms with Gasteiger partial charge in [0.05, 0.1) is 27.8 Å². The number of anilines is 9. The van der Waals surface area contributed by atoms with Crippen molar-refractivity contribution >= 4 is 85.3 Å². The topological polar surface area (TPSA) is 27.8 Å². The third-order valence-corrected chi connectivity index (χ3v) is 12.4. The molecule has 0 spiro atoms. The van der Waals surface area contributed by atoms with Crippen LogP contribution in [0, 0.1) is 6.33 Å². The molecule has 0 atom stereocenters. The van der Waals surface area contributed by atoms with Crippen LogP contribution in [0.1, 0.15) is 30.4 Å². The lowest BCUT2D eigenvalue weighted by molar-refractivity contribution is -0.649. The number of rotatable bonds is 6. The normalized spacial score (nSPS) is 14.4. The van der Waals surface area contributed by atoms with Crippen LogP contribution in [0.5, 0.6) is 11.5 Å². The number of hydrogen-bond donors (Lipinski definition) is 0. The Labute approximate surface area is 361 Å². The molecule has 0 radical (unpaired) electrons. The molecule has 292 valence electrons. The molecule has 6 nitrogen and oxygen atoms in total. The highest BCUT2D eigenvalue weighted by Crippen LogP contribution is 2.51. The maximum Gasteiger partial charge on any atom is 0.257 e. The van der Waals surface area contributed by atoms with Gasteiger partial charge in [-0.15, -0.1) is 0 Å². The Morgan fingerprint density at radius 1 is 0.492 bits per heavy atom. The number of benzene rings is 8. The van der Waals surface area contributed by atoms with E-state index in [4.69, 9.17) is 8.85 Å². The van der Waals surface area contributed by atoms with Gasteiger partial charge in [0.25, 0.3) is 6.71 Å². The lowest BCUT2D eigenvalue weighted by Gasteiger charge is -2.49. The Kier molecular flexibility index (Phi) is 7.03. The molecule has 12 rings (SSSR count). The van der Waals surface area contributed by atoms with E-state index in [0.717, 1.165) is 62.4 Å². The summed E-state index contributed by atoms with van der Waals surface area (Å²) >= 11 is 0. The highest BCUT2D eigenvalue weighted by Gasteiger charge is 2.49. The SMILES string of the molecule is [2H]C([2H])([2H])[n+]1[c-]n(-c2cccc(Oc3cc4c5c(c3)N(c3cccc(C(C)(C)C)c3)c3cccc6c3B5c3c(cccc3N4c3ccccc3)N6c3ccccc3)c2)c2ccccc21. The molecule has 9 aromatic rings. The number of imidazole rings is 1. The van der Waals surface area contributed by atoms with Gasteiger partial charge < -0.3 is 28.6 Å². The average molecular weight is 791 g/mol. The largest absolute Gasteiger partial charge is 0.458 e. The Hall–Kier alpha value is -7.51. The van der Waals surface area contributed by atoms with E-state index >= 15 is 0 Å². The molecular weight excluding hydrogens is 745 g/mol. The highest BCUT2D eigenvalue weighted by atomic mass is 16.5. The maximum atomic E-state index is 8.23. The first-order valence-corrected chi connectivity index (χ1v) is 20.8. The fraction of sp³-hybridized carbons (Fsp3) is 0.0926. The van der Waals surface area contributed by atoms with Gasteiger partial charge in [-0.25, -0.2) is 0 Å². The number of aryl methyl sites for hydroxylation is 1. The Balaban J connectivity index is 1.11. The summed E-state index contributed by atoms with van der Waals surface area (Å²) in [6.45, 7) is 4.32. The molecule has 0 aliphatic carbocycles. The van der Waals surface area contributed by atoms with E-state index in [1.165, 1.54) is 26.5 Å². The summed E-state index contributed by atoms with van der Waals surface area (Å²) in [7, 11) is 0. The van der Waals surface area contributed by atoms with Crippen molar-refractivity contribution in [3.05, 3.63) is 194 Å². The van der Waals surface area contributed by atoms with Crippen molar-refractivity contribution in [2.75, 3.05) is 14.7 Å². The number of para-hydroxylation sites is 4. The van der Waals surface area contributed by atoms with E-state index in [2.05, 4.69) is 175 Å². The Bertz CT molecular complexity index is 3330. The van der Waals surface area contributed by atoms with Crippen molar-refractivity contribution in [1.29, 1.82) is 0 Å². The van der Waals surface area contributed by atoms with E-state index < -0.39 is 6.98 Å². The maximum absolute atomic E-state index is 8.23. The van der Waals surface area contributed by atoms with Gasteiger partial charge in [-0.05, 0) is 100 Å². The molecule has 0 saturated heterocycles. The molecule has 1 aromatic heterocycles. The van der Waals surface area contributed by atoms with Gasteiger partial charge in [-0.1, -0.05) is 118 Å². The summed E-state index contributed by atoms with van der Waals surface area (Å²) < 4.78 is 34.7. The lowest BCUT2D eigenvalue weighted by Crippen LogP contribution is -2.64. The summed E-state index contributed by atoms with van der Waals surface area (Å²) in [5.74, 6) is 1.28. The summed E-state index contributed by atoms with van der Waals surface area (Å²) in [6, 6.07) is 63.3. The van der Waals surface area contributed by atoms with Crippen molar-refractivity contribution in [3.63, 3.8) is 0 Å². The van der Waals surface area contributed by atoms with Crippen LogP contribution in [0.3, 0.4) is 0 Å². The van der Waals surface area contributed by atoms with E-state index in [1.807, 2.05) is 48.5 Å². The molecule has 0 fully saturated rings. The van der Waals surface area contributed by atoms with Crippen molar-refractivity contribution in [1.82, 2.24) is 4.57 Å². The zero-order chi connectivity index (χ0) is 43.5. The molecule has 0 N–H and O–H groups in total. The third-order valence-electron chi connectivity index (χ3n) is 12.4. The molecule has 0 amide bonds. The number of fused-ring (bicyclic) bond motifs is 1. The zero-order valence-electron chi connectivity index (χ0n) is 37.0. The van der Waals surface area contributed by atoms with E-state index in [-0.39, 0.29) is 12.1 Å². The zero-order valence-corrected chi connectivity index (χ0v) is 34.0. The number of hydrogen-bond acceptors (Lipinski definition) is 4. The fourth-order valence-corrected chi connectivity index (χ4v) is 9.77. The first kappa shape index (κ1) is 32.4. The molecule has 7 heteroatoms. The predicted molar refractivity (Wildman–Crippen MR) is 251 cm³/mol. The molecule has 0 unspecified atom stereocenters. The van der Waals surface area contributed by atoms with Crippen LogP contribution in [-0.4, -0.2) is 11.3 Å². The quantitative estimate of drug-likeness (QED) is 0.0953. The summed E-state index contributed by atoms with van der Waals surface area (Å²) in [5, 5.41) is 0. The van der Waals surface area contributed by atoms with E-state index in [9.17, 15) is 0 Å². The van der Waals surface area contributed by atoms with Gasteiger partial charge in [0.15, 0.2) is 0 Å². The second-order valence-corrected chi connectivity index (χ2v) is 17.1. The third kappa shape index (κ3) is 5.40. The first-order valence-electron chi connectivity index (χ1n) is 22.3. The molecule has 3 aliphatic rings. The Morgan fingerprint density at radius 3 is 1.62 bits per heavy atom. The van der Waals surface area contributed by atoms with E-state index in [1.54, 1.807) is 4.57 Å². The average Bonchev–Trinajstić information content (AvgIpc) is 3.71. The van der Waals surface area contributed by atoms with Gasteiger partial charge in [0.2, 0.25) is 6.33 Å². The van der Waals surface area contributed by atoms with Crippen LogP contribution < -0.4 is 40.4 Å². The second-order valence-electron chi connectivity index (χ2n) is 17.1. The number of ether oxygens (including phenoxy) is 1. The lowest BCUT2D eigenvalue weighted by atomic mass is 9.32. The molecular formula is C54H42BN5O. The van der Waals surface area contributed by atoms with Crippen LogP contribution in [0.15, 0.2) is 182 Å². The van der Waals surface area contributed by atoms with Gasteiger partial charge in [0.1, 0.15) is 11.5 Å². The second kappa shape index (κ2) is 13.3. The fourth-order valence-electron chi connectivity index (χ4n) is 9.77. The van der Waals surface area contributed by atoms with Crippen LogP contribution in [0.25, 0.3) is 16.7 Å². The molecule has 0 saturated carbocycles. The standard InChI is InChI=1S/C54H42BN5O/c1-54(2,3)36-17-13-23-40(31-36)60-48-30-16-28-46-52(48)55-51-45(58(46)37-18-7-5-8-19-37)27-15-29-47(51)59(38-20-9-6-10-21-38)49-33-42(34-50(60)53(49)55)61-41-24-14-22-39(32-41)57-35-56(4)43-25-11-12-26-44(43)57/h5-34H,1-4H3/i4D3. The minimum absolute atomic E-state index is 0.0655. The number of aromatic nitrogens is 2. The van der Waals surface area contributed by atoms with Crippen molar-refractivity contribution in [3.8, 4) is 17.2 Å². The van der Waals surface area contributed by atoms with Crippen LogP contribution in [0.2, 0.25) is 0 Å². The number of nitrogens with zero attached hydrogens (tertiary/aromatic N) is 5. The van der Waals surface area contributed by atoms with Crippen molar-refractivity contribution in [2.24, 2.45) is 6.98 Å². The van der Waals surface area contributed by atoms with Gasteiger partial charge in [0, 0.05) is 63.3 Å². The summed E-state index contributed by atoms with van der Waals surface area (Å²) in [6.07, 6.45) is 3.11. The van der Waals surface area contributed by atoms with Crippen molar-refractivity contribution in [2.45, 2.75) is 26.2 Å². The molecule has 8 aromatic carbocycles. The Morgan fingerprint density at radius 2 is 1.00 bits per heavy atom. The van der Waals surface area contributed by atoms with Gasteiger partial charge >= 0.3 is 0 Å². The first-order chi connectivity index (χ1) is 31.0. The van der Waals surface area contributed by atoms with Gasteiger partial charge in [-0.2, -0.15) is 0 Å². The molecule has 4 heterocycles. The van der Waals surface area contributed by atoms with Crippen LogP contribution >= 0.6 is 0 Å². The molecule has 61 heavy (non-hydrogen) atoms. The van der Waals surface area contributed by atoms with E-state index in [0.29, 0.717) is 17.0 Å². The monoisotopic (exact) mass is 790 g/mol. The molecule has 3 aliphatic heterocycles.